The summed E-state index contributed by atoms with van der Waals surface area (Å²) >= 11 is 0. The second-order valence-corrected chi connectivity index (χ2v) is 4.85. The van der Waals surface area contributed by atoms with Crippen molar-refractivity contribution in [2.24, 2.45) is 17.8 Å². The van der Waals surface area contributed by atoms with Gasteiger partial charge in [-0.15, -0.1) is 0 Å². The van der Waals surface area contributed by atoms with Gasteiger partial charge in [0.1, 0.15) is 12.2 Å². The van der Waals surface area contributed by atoms with Crippen molar-refractivity contribution in [1.29, 1.82) is 0 Å². The third-order valence-electron chi connectivity index (χ3n) is 4.00. The summed E-state index contributed by atoms with van der Waals surface area (Å²) in [6.45, 7) is 0. The number of carbonyl (C=O) groups is 2. The fraction of sp³-hybridized carbons (Fsp3) is 0.636. The van der Waals surface area contributed by atoms with Crippen LogP contribution in [0.25, 0.3) is 0 Å². The number of ether oxygens (including phenoxy) is 2. The molecule has 0 amide bonds. The first-order valence-electron chi connectivity index (χ1n) is 5.61. The van der Waals surface area contributed by atoms with E-state index in [-0.39, 0.29) is 23.7 Å². The Morgan fingerprint density at radius 1 is 1.28 bits per heavy atom. The van der Waals surface area contributed by atoms with Crippen molar-refractivity contribution in [2.75, 3.05) is 0 Å². The Morgan fingerprint density at radius 2 is 2.00 bits per heavy atom. The van der Waals surface area contributed by atoms with Crippen LogP contribution in [0.1, 0.15) is 12.8 Å². The summed E-state index contributed by atoms with van der Waals surface area (Å²) in [4.78, 5) is 22.5. The minimum absolute atomic E-state index is 0.0254. The number of halogens is 3. The second-order valence-electron chi connectivity index (χ2n) is 4.85. The Labute approximate surface area is 99.7 Å². The summed E-state index contributed by atoms with van der Waals surface area (Å²) in [5.74, 6) is -4.50. The van der Waals surface area contributed by atoms with E-state index in [0.717, 1.165) is 0 Å². The topological polar surface area (TPSA) is 52.6 Å². The summed E-state index contributed by atoms with van der Waals surface area (Å²) in [6.07, 6.45) is -2.93. The first-order chi connectivity index (χ1) is 8.49. The largest absolute Gasteiger partial charge is 0.458 e. The van der Waals surface area contributed by atoms with Crippen molar-refractivity contribution in [3.63, 3.8) is 0 Å². The predicted octanol–water partition coefficient (Wildman–Crippen LogP) is 1.56. The molecule has 0 spiro atoms. The highest BCUT2D eigenvalue weighted by atomic mass is 19.3. The first-order valence-corrected chi connectivity index (χ1v) is 5.61. The molecule has 4 nitrogen and oxygen atoms in total. The minimum Gasteiger partial charge on any atom is -0.458 e. The Kier molecular flexibility index (Phi) is 2.39. The molecule has 5 atom stereocenters. The van der Waals surface area contributed by atoms with Crippen LogP contribution in [0.15, 0.2) is 11.9 Å². The lowest BCUT2D eigenvalue weighted by molar-refractivity contribution is -0.159. The van der Waals surface area contributed by atoms with Crippen LogP contribution in [0.4, 0.5) is 13.2 Å². The third-order valence-corrected chi connectivity index (χ3v) is 4.00. The van der Waals surface area contributed by atoms with E-state index in [1.807, 2.05) is 0 Å². The molecule has 3 aliphatic rings. The zero-order valence-corrected chi connectivity index (χ0v) is 9.07. The summed E-state index contributed by atoms with van der Waals surface area (Å²) in [6, 6.07) is 0. The van der Waals surface area contributed by atoms with E-state index in [0.29, 0.717) is 12.8 Å². The molecule has 2 aliphatic carbocycles. The highest BCUT2D eigenvalue weighted by Gasteiger charge is 2.63. The van der Waals surface area contributed by atoms with E-state index < -0.39 is 30.1 Å². The van der Waals surface area contributed by atoms with Crippen LogP contribution in [-0.2, 0) is 19.1 Å². The molecule has 0 radical (unpaired) electrons. The average Bonchev–Trinajstić information content (AvgIpc) is 2.92. The lowest BCUT2D eigenvalue weighted by atomic mass is 9.88. The van der Waals surface area contributed by atoms with Gasteiger partial charge in [0.15, 0.2) is 0 Å². The number of rotatable bonds is 2. The van der Waals surface area contributed by atoms with E-state index in [1.54, 1.807) is 0 Å². The zero-order chi connectivity index (χ0) is 13.0. The molecule has 2 bridgehead atoms. The SMILES string of the molecule is O=C(OC1C2CC3C(=O)OC1C3C2)C(F)=C(F)F. The summed E-state index contributed by atoms with van der Waals surface area (Å²) < 4.78 is 46.3. The Hall–Kier alpha value is -1.53. The molecular formula is C11H9F3O4. The Morgan fingerprint density at radius 3 is 2.67 bits per heavy atom. The van der Waals surface area contributed by atoms with Gasteiger partial charge in [0.25, 0.3) is 5.83 Å². The smallest absolute Gasteiger partial charge is 0.373 e. The van der Waals surface area contributed by atoms with Gasteiger partial charge < -0.3 is 9.47 Å². The van der Waals surface area contributed by atoms with Gasteiger partial charge in [-0.2, -0.15) is 13.2 Å². The monoisotopic (exact) mass is 262 g/mol. The maximum atomic E-state index is 12.7. The summed E-state index contributed by atoms with van der Waals surface area (Å²) in [5.41, 5.74) is 0. The zero-order valence-electron chi connectivity index (χ0n) is 9.07. The fourth-order valence-electron chi connectivity index (χ4n) is 3.32. The van der Waals surface area contributed by atoms with Crippen molar-refractivity contribution < 1.29 is 32.2 Å². The predicted molar refractivity (Wildman–Crippen MR) is 49.8 cm³/mol. The summed E-state index contributed by atoms with van der Waals surface area (Å²) in [7, 11) is 0. The molecule has 98 valence electrons. The van der Waals surface area contributed by atoms with Crippen molar-refractivity contribution in [3.8, 4) is 0 Å². The van der Waals surface area contributed by atoms with E-state index >= 15 is 0 Å². The van der Waals surface area contributed by atoms with Crippen LogP contribution in [0.2, 0.25) is 0 Å². The molecule has 1 saturated heterocycles. The van der Waals surface area contributed by atoms with Crippen molar-refractivity contribution in [2.45, 2.75) is 25.0 Å². The molecule has 7 heteroatoms. The maximum Gasteiger partial charge on any atom is 0.373 e. The number of hydrogen-bond acceptors (Lipinski definition) is 4. The normalized spacial score (nSPS) is 39.7. The van der Waals surface area contributed by atoms with Gasteiger partial charge >= 0.3 is 18.0 Å². The van der Waals surface area contributed by atoms with Crippen LogP contribution in [0.5, 0.6) is 0 Å². The molecule has 18 heavy (non-hydrogen) atoms. The second kappa shape index (κ2) is 3.73. The number of hydrogen-bond donors (Lipinski definition) is 0. The first kappa shape index (κ1) is 11.6. The van der Waals surface area contributed by atoms with Gasteiger partial charge in [-0.05, 0) is 12.8 Å². The summed E-state index contributed by atoms with van der Waals surface area (Å²) in [5, 5.41) is 0. The molecule has 1 heterocycles. The van der Waals surface area contributed by atoms with E-state index in [9.17, 15) is 22.8 Å². The van der Waals surface area contributed by atoms with Crippen LogP contribution in [0, 0.1) is 17.8 Å². The van der Waals surface area contributed by atoms with E-state index in [4.69, 9.17) is 9.47 Å². The number of carbonyl (C=O) groups excluding carboxylic acids is 2. The molecular weight excluding hydrogens is 253 g/mol. The van der Waals surface area contributed by atoms with Gasteiger partial charge in [-0.25, -0.2) is 4.79 Å². The lowest BCUT2D eigenvalue weighted by Gasteiger charge is -2.24. The molecule has 1 aliphatic heterocycles. The molecule has 3 rings (SSSR count). The van der Waals surface area contributed by atoms with Crippen LogP contribution in [0.3, 0.4) is 0 Å². The Bertz CT molecular complexity index is 457. The highest BCUT2D eigenvalue weighted by molar-refractivity contribution is 5.86. The van der Waals surface area contributed by atoms with Gasteiger partial charge in [0, 0.05) is 11.8 Å². The van der Waals surface area contributed by atoms with Gasteiger partial charge in [-0.3, -0.25) is 4.79 Å². The van der Waals surface area contributed by atoms with Crippen molar-refractivity contribution in [1.82, 2.24) is 0 Å². The molecule has 0 N–H and O–H groups in total. The number of esters is 2. The fourth-order valence-corrected chi connectivity index (χ4v) is 3.32. The molecule has 5 unspecified atom stereocenters. The molecule has 3 fully saturated rings. The number of fused-ring (bicyclic) bond motifs is 1. The minimum atomic E-state index is -2.70. The third kappa shape index (κ3) is 1.46. The van der Waals surface area contributed by atoms with Gasteiger partial charge in [0.05, 0.1) is 5.92 Å². The standard InChI is InChI=1S/C11H9F3O4/c12-6(9(13)14)11(16)17-7-3-1-4-5(2-3)10(15)18-8(4)7/h3-5,7-8H,1-2H2. The van der Waals surface area contributed by atoms with E-state index in [1.165, 1.54) is 0 Å². The van der Waals surface area contributed by atoms with Crippen LogP contribution in [-0.4, -0.2) is 24.1 Å². The maximum absolute atomic E-state index is 12.7. The van der Waals surface area contributed by atoms with Crippen LogP contribution >= 0.6 is 0 Å². The molecule has 2 saturated carbocycles. The molecule has 0 aromatic heterocycles. The molecule has 0 aromatic rings. The highest BCUT2D eigenvalue weighted by Crippen LogP contribution is 2.55. The quantitative estimate of drug-likeness (QED) is 0.559. The van der Waals surface area contributed by atoms with Crippen LogP contribution < -0.4 is 0 Å². The van der Waals surface area contributed by atoms with E-state index in [2.05, 4.69) is 0 Å². The lowest BCUT2D eigenvalue weighted by Crippen LogP contribution is -2.36. The Balaban J connectivity index is 1.75. The van der Waals surface area contributed by atoms with Crippen molar-refractivity contribution in [3.05, 3.63) is 11.9 Å². The van der Waals surface area contributed by atoms with Gasteiger partial charge in [-0.1, -0.05) is 0 Å². The average molecular weight is 262 g/mol. The molecule has 0 aromatic carbocycles. The van der Waals surface area contributed by atoms with Crippen molar-refractivity contribution >= 4 is 11.9 Å². The van der Waals surface area contributed by atoms with Gasteiger partial charge in [0.2, 0.25) is 0 Å².